The maximum atomic E-state index is 12.7. The topological polar surface area (TPSA) is 73.9 Å². The summed E-state index contributed by atoms with van der Waals surface area (Å²) < 4.78 is 6.14. The van der Waals surface area contributed by atoms with E-state index >= 15 is 0 Å². The first-order valence-corrected chi connectivity index (χ1v) is 8.53. The van der Waals surface area contributed by atoms with Crippen LogP contribution in [-0.4, -0.2) is 30.0 Å². The summed E-state index contributed by atoms with van der Waals surface area (Å²) in [5, 5.41) is 11.0. The normalized spacial score (nSPS) is 21.0. The summed E-state index contributed by atoms with van der Waals surface area (Å²) in [5.74, 6) is 0.533. The van der Waals surface area contributed by atoms with Gasteiger partial charge >= 0.3 is 0 Å². The molecule has 0 saturated carbocycles. The minimum atomic E-state index is -0.431. The number of benzene rings is 1. The van der Waals surface area contributed by atoms with Crippen LogP contribution < -0.4 is 9.64 Å². The lowest BCUT2D eigenvalue weighted by Crippen LogP contribution is -3.17. The molecule has 1 aromatic carbocycles. The number of Topliss-reactive ketones (excluding diaryl/α,β-unsaturated/α-hetero) is 1. The number of nitro benzene ring substituents is 1. The Kier molecular flexibility index (Phi) is 4.66. The first-order chi connectivity index (χ1) is 11.5. The fourth-order valence-electron chi connectivity index (χ4n) is 3.41. The summed E-state index contributed by atoms with van der Waals surface area (Å²) in [6.07, 6.45) is 4.96. The highest BCUT2D eigenvalue weighted by Gasteiger charge is 2.37. The van der Waals surface area contributed by atoms with Gasteiger partial charge in [0.1, 0.15) is 5.75 Å². The van der Waals surface area contributed by atoms with Gasteiger partial charge in [0, 0.05) is 23.6 Å². The van der Waals surface area contributed by atoms with E-state index in [1.807, 2.05) is 13.8 Å². The molecule has 1 N–H and O–H groups in total. The van der Waals surface area contributed by atoms with Crippen LogP contribution in [0.4, 0.5) is 5.69 Å². The number of non-ortho nitro benzene ring substituents is 1. The number of nitrogens with one attached hydrogen (secondary N) is 1. The Balaban J connectivity index is 2.00. The zero-order valence-corrected chi connectivity index (χ0v) is 14.1. The molecule has 1 fully saturated rings. The summed E-state index contributed by atoms with van der Waals surface area (Å²) in [6.45, 7) is 5.70. The molecule has 6 heteroatoms. The number of hydrogen-bond acceptors (Lipinski definition) is 4. The van der Waals surface area contributed by atoms with Gasteiger partial charge in [0.25, 0.3) is 11.9 Å². The highest BCUT2D eigenvalue weighted by atomic mass is 16.6. The molecule has 6 nitrogen and oxygen atoms in total. The summed E-state index contributed by atoms with van der Waals surface area (Å²) in [5.41, 5.74) is 1.25. The predicted octanol–water partition coefficient (Wildman–Crippen LogP) is 1.99. The second-order valence-corrected chi connectivity index (χ2v) is 6.81. The molecule has 2 aliphatic heterocycles. The molecule has 0 spiro atoms. The van der Waals surface area contributed by atoms with E-state index in [2.05, 4.69) is 0 Å². The number of ether oxygens (including phenoxy) is 1. The molecule has 0 amide bonds. The number of nitrogens with zero attached hydrogens (tertiary/aromatic N) is 1. The Hall–Kier alpha value is -2.21. The molecule has 24 heavy (non-hydrogen) atoms. The van der Waals surface area contributed by atoms with Crippen LogP contribution in [-0.2, 0) is 4.79 Å². The molecule has 0 aliphatic carbocycles. The number of carbonyl (C=O) groups is 1. The SMILES string of the molecule is CC(C)C(=O)C1=Cc2cc([N+](=O)[O-])ccc2O[C@H]1[NH+]1CCCCC1. The molecular weight excluding hydrogens is 308 g/mol. The lowest BCUT2D eigenvalue weighted by atomic mass is 9.94. The molecule has 1 aromatic rings. The zero-order chi connectivity index (χ0) is 17.3. The third kappa shape index (κ3) is 3.19. The van der Waals surface area contributed by atoms with Crippen molar-refractivity contribution in [3.05, 3.63) is 39.4 Å². The minimum Gasteiger partial charge on any atom is -0.438 e. The second kappa shape index (κ2) is 6.73. The average Bonchev–Trinajstić information content (AvgIpc) is 2.60. The lowest BCUT2D eigenvalue weighted by Gasteiger charge is -2.35. The molecule has 3 rings (SSSR count). The van der Waals surface area contributed by atoms with Gasteiger partial charge in [-0.15, -0.1) is 0 Å². The van der Waals surface area contributed by atoms with Crippen LogP contribution in [0.15, 0.2) is 23.8 Å². The van der Waals surface area contributed by atoms with Gasteiger partial charge in [0.15, 0.2) is 5.78 Å². The quantitative estimate of drug-likeness (QED) is 0.676. The van der Waals surface area contributed by atoms with E-state index in [1.165, 1.54) is 23.5 Å². The standard InChI is InChI=1S/C18H22N2O4/c1-12(2)17(21)15-11-13-10-14(20(22)23)6-7-16(13)24-18(15)19-8-4-3-5-9-19/h6-7,10-12,18H,3-5,8-9H2,1-2H3/p+1/t18-/m1/s1. The van der Waals surface area contributed by atoms with Crippen LogP contribution in [0, 0.1) is 16.0 Å². The second-order valence-electron chi connectivity index (χ2n) is 6.81. The van der Waals surface area contributed by atoms with E-state index in [1.54, 1.807) is 12.1 Å². The molecule has 2 aliphatic rings. The van der Waals surface area contributed by atoms with Gasteiger partial charge in [-0.2, -0.15) is 0 Å². The fourth-order valence-corrected chi connectivity index (χ4v) is 3.41. The van der Waals surface area contributed by atoms with Crippen LogP contribution in [0.1, 0.15) is 38.7 Å². The summed E-state index contributed by atoms with van der Waals surface area (Å²) in [7, 11) is 0. The van der Waals surface area contributed by atoms with Gasteiger partial charge in [-0.05, 0) is 31.4 Å². The van der Waals surface area contributed by atoms with E-state index in [0.29, 0.717) is 16.9 Å². The number of ketones is 1. The smallest absolute Gasteiger partial charge is 0.270 e. The highest BCUT2D eigenvalue weighted by molar-refractivity contribution is 6.02. The largest absolute Gasteiger partial charge is 0.438 e. The van der Waals surface area contributed by atoms with E-state index in [-0.39, 0.29) is 23.6 Å². The minimum absolute atomic E-state index is 0.00807. The summed E-state index contributed by atoms with van der Waals surface area (Å²) in [4.78, 5) is 24.5. The van der Waals surface area contributed by atoms with Gasteiger partial charge in [0.2, 0.25) is 0 Å². The number of quaternary nitrogens is 1. The van der Waals surface area contributed by atoms with Crippen molar-refractivity contribution >= 4 is 17.5 Å². The van der Waals surface area contributed by atoms with Crippen molar-refractivity contribution in [2.24, 2.45) is 5.92 Å². The molecule has 0 radical (unpaired) electrons. The Morgan fingerprint density at radius 1 is 1.29 bits per heavy atom. The van der Waals surface area contributed by atoms with Crippen LogP contribution in [0.5, 0.6) is 5.75 Å². The number of piperidine rings is 1. The van der Waals surface area contributed by atoms with Crippen LogP contribution in [0.25, 0.3) is 6.08 Å². The van der Waals surface area contributed by atoms with Crippen LogP contribution in [0.2, 0.25) is 0 Å². The molecular formula is C18H23N2O4+. The Morgan fingerprint density at radius 3 is 2.62 bits per heavy atom. The van der Waals surface area contributed by atoms with Crippen molar-refractivity contribution in [1.82, 2.24) is 0 Å². The third-order valence-corrected chi connectivity index (χ3v) is 4.72. The summed E-state index contributed by atoms with van der Waals surface area (Å²) >= 11 is 0. The van der Waals surface area contributed by atoms with Gasteiger partial charge in [-0.3, -0.25) is 19.8 Å². The summed E-state index contributed by atoms with van der Waals surface area (Å²) in [6, 6.07) is 4.56. The molecule has 0 bridgehead atoms. The number of nitro groups is 1. The molecule has 0 unspecified atom stereocenters. The molecule has 128 valence electrons. The van der Waals surface area contributed by atoms with Crippen LogP contribution in [0.3, 0.4) is 0 Å². The Morgan fingerprint density at radius 2 is 2.00 bits per heavy atom. The number of hydrogen-bond donors (Lipinski definition) is 1. The molecule has 1 saturated heterocycles. The van der Waals surface area contributed by atoms with Crippen molar-refractivity contribution in [3.63, 3.8) is 0 Å². The first-order valence-electron chi connectivity index (χ1n) is 8.53. The number of rotatable bonds is 4. The monoisotopic (exact) mass is 331 g/mol. The highest BCUT2D eigenvalue weighted by Crippen LogP contribution is 2.32. The van der Waals surface area contributed by atoms with Crippen molar-refractivity contribution in [2.45, 2.75) is 39.3 Å². The number of carbonyl (C=O) groups excluding carboxylic acids is 1. The van der Waals surface area contributed by atoms with Crippen molar-refractivity contribution in [1.29, 1.82) is 0 Å². The van der Waals surface area contributed by atoms with Crippen LogP contribution >= 0.6 is 0 Å². The van der Waals surface area contributed by atoms with E-state index in [4.69, 9.17) is 4.74 Å². The van der Waals surface area contributed by atoms with Crippen molar-refractivity contribution in [3.8, 4) is 5.75 Å². The average molecular weight is 331 g/mol. The van der Waals surface area contributed by atoms with E-state index in [9.17, 15) is 14.9 Å². The van der Waals surface area contributed by atoms with Gasteiger partial charge in [-0.1, -0.05) is 13.8 Å². The Labute approximate surface area is 141 Å². The van der Waals surface area contributed by atoms with Gasteiger partial charge in [0.05, 0.1) is 23.6 Å². The van der Waals surface area contributed by atoms with Gasteiger partial charge in [-0.25, -0.2) is 0 Å². The fraction of sp³-hybridized carbons (Fsp3) is 0.500. The van der Waals surface area contributed by atoms with Gasteiger partial charge < -0.3 is 4.74 Å². The first kappa shape index (κ1) is 16.6. The number of likely N-dealkylation sites (tertiary alicyclic amines) is 1. The predicted molar refractivity (Wildman–Crippen MR) is 89.9 cm³/mol. The van der Waals surface area contributed by atoms with E-state index in [0.717, 1.165) is 25.9 Å². The molecule has 0 aromatic heterocycles. The number of fused-ring (bicyclic) bond motifs is 1. The maximum absolute atomic E-state index is 12.7. The van der Waals surface area contributed by atoms with E-state index < -0.39 is 4.92 Å². The Bertz CT molecular complexity index is 690. The third-order valence-electron chi connectivity index (χ3n) is 4.72. The maximum Gasteiger partial charge on any atom is 0.270 e. The molecule has 1 atom stereocenters. The van der Waals surface area contributed by atoms with Crippen molar-refractivity contribution in [2.75, 3.05) is 13.1 Å². The molecule has 2 heterocycles. The van der Waals surface area contributed by atoms with Crippen molar-refractivity contribution < 1.29 is 19.4 Å². The zero-order valence-electron chi connectivity index (χ0n) is 14.1. The lowest BCUT2D eigenvalue weighted by molar-refractivity contribution is -0.941.